The van der Waals surface area contributed by atoms with Crippen molar-refractivity contribution in [3.05, 3.63) is 54.9 Å². The van der Waals surface area contributed by atoms with Crippen molar-refractivity contribution in [2.45, 2.75) is 0 Å². The van der Waals surface area contributed by atoms with Gasteiger partial charge in [0.25, 0.3) is 0 Å². The van der Waals surface area contributed by atoms with Crippen molar-refractivity contribution < 1.29 is 4.57 Å². The zero-order valence-corrected chi connectivity index (χ0v) is 11.0. The summed E-state index contributed by atoms with van der Waals surface area (Å²) >= 11 is 0. The topological polar surface area (TPSA) is 33.5 Å². The van der Waals surface area contributed by atoms with E-state index in [1.54, 1.807) is 0 Å². The number of azo groups is 1. The first-order chi connectivity index (χ1) is 9.25. The lowest BCUT2D eigenvalue weighted by Gasteiger charge is -1.99. The van der Waals surface area contributed by atoms with Crippen LogP contribution in [0.15, 0.2) is 65.1 Å². The first kappa shape index (κ1) is 11.6. The first-order valence-corrected chi connectivity index (χ1v) is 6.16. The number of fused-ring (bicyclic) bond motifs is 1. The Kier molecular flexibility index (Phi) is 2.83. The van der Waals surface area contributed by atoms with Crippen molar-refractivity contribution in [2.24, 2.45) is 24.3 Å². The number of pyridine rings is 1. The van der Waals surface area contributed by atoms with E-state index < -0.39 is 0 Å². The van der Waals surface area contributed by atoms with E-state index in [0.717, 1.165) is 22.4 Å². The van der Waals surface area contributed by atoms with Crippen LogP contribution in [0.5, 0.6) is 0 Å². The molecule has 3 aromatic rings. The minimum Gasteiger partial charge on any atom is -0.335 e. The molecule has 0 atom stereocenters. The van der Waals surface area contributed by atoms with Crippen LogP contribution in [0, 0.1) is 0 Å². The van der Waals surface area contributed by atoms with E-state index in [-0.39, 0.29) is 0 Å². The largest absolute Gasteiger partial charge is 0.335 e. The van der Waals surface area contributed by atoms with E-state index in [1.807, 2.05) is 61.4 Å². The zero-order chi connectivity index (χ0) is 13.2. The molecular weight excluding hydrogens is 236 g/mol. The Balaban J connectivity index is 2.09. The van der Waals surface area contributed by atoms with Crippen LogP contribution in [-0.2, 0) is 14.1 Å². The second kappa shape index (κ2) is 4.65. The molecule has 0 radical (unpaired) electrons. The molecule has 0 amide bonds. The van der Waals surface area contributed by atoms with Crippen LogP contribution in [0.2, 0.25) is 0 Å². The number of hydrogen-bond acceptors (Lipinski definition) is 2. The van der Waals surface area contributed by atoms with Gasteiger partial charge < -0.3 is 4.57 Å². The molecule has 0 aliphatic carbocycles. The van der Waals surface area contributed by atoms with E-state index in [4.69, 9.17) is 0 Å². The molecule has 0 aliphatic rings. The maximum absolute atomic E-state index is 4.37. The van der Waals surface area contributed by atoms with Crippen molar-refractivity contribution in [3.63, 3.8) is 0 Å². The van der Waals surface area contributed by atoms with Crippen molar-refractivity contribution in [3.8, 4) is 0 Å². The predicted molar refractivity (Wildman–Crippen MR) is 74.7 cm³/mol. The highest BCUT2D eigenvalue weighted by Gasteiger charge is 2.07. The SMILES string of the molecule is Cn1cccc1N=Nc1cccc2c1ccc[n+]2C. The van der Waals surface area contributed by atoms with Gasteiger partial charge >= 0.3 is 0 Å². The minimum absolute atomic E-state index is 0.845. The van der Waals surface area contributed by atoms with Crippen molar-refractivity contribution in [1.82, 2.24) is 4.57 Å². The maximum atomic E-state index is 4.37. The quantitative estimate of drug-likeness (QED) is 0.494. The summed E-state index contributed by atoms with van der Waals surface area (Å²) in [7, 11) is 3.98. The first-order valence-electron chi connectivity index (χ1n) is 6.16. The van der Waals surface area contributed by atoms with Gasteiger partial charge in [-0.3, -0.25) is 0 Å². The highest BCUT2D eigenvalue weighted by Crippen LogP contribution is 2.25. The summed E-state index contributed by atoms with van der Waals surface area (Å²) in [6.07, 6.45) is 3.98. The number of nitrogens with zero attached hydrogens (tertiary/aromatic N) is 4. The van der Waals surface area contributed by atoms with Gasteiger partial charge in [0, 0.05) is 25.4 Å². The fourth-order valence-electron chi connectivity index (χ4n) is 2.12. The van der Waals surface area contributed by atoms with Crippen molar-refractivity contribution >= 4 is 22.4 Å². The molecule has 2 heterocycles. The van der Waals surface area contributed by atoms with Gasteiger partial charge in [-0.2, -0.15) is 0 Å². The van der Waals surface area contributed by atoms with Gasteiger partial charge in [0.05, 0.1) is 11.1 Å². The van der Waals surface area contributed by atoms with Crippen molar-refractivity contribution in [1.29, 1.82) is 0 Å². The molecule has 0 aliphatic heterocycles. The summed E-state index contributed by atoms with van der Waals surface area (Å²) in [6.45, 7) is 0. The molecule has 0 bridgehead atoms. The van der Waals surface area contributed by atoms with Gasteiger partial charge in [-0.1, -0.05) is 6.07 Å². The Morgan fingerprint density at radius 1 is 1.00 bits per heavy atom. The molecule has 0 N–H and O–H groups in total. The van der Waals surface area contributed by atoms with E-state index >= 15 is 0 Å². The van der Waals surface area contributed by atoms with E-state index in [9.17, 15) is 0 Å². The molecule has 0 saturated heterocycles. The van der Waals surface area contributed by atoms with Crippen LogP contribution < -0.4 is 4.57 Å². The van der Waals surface area contributed by atoms with Gasteiger partial charge in [0.1, 0.15) is 7.05 Å². The van der Waals surface area contributed by atoms with Crippen LogP contribution in [0.4, 0.5) is 11.5 Å². The monoisotopic (exact) mass is 251 g/mol. The van der Waals surface area contributed by atoms with Crippen LogP contribution in [0.25, 0.3) is 10.9 Å². The molecule has 0 unspecified atom stereocenters. The Morgan fingerprint density at radius 2 is 1.89 bits per heavy atom. The van der Waals surface area contributed by atoms with Crippen LogP contribution in [0.3, 0.4) is 0 Å². The molecule has 94 valence electrons. The summed E-state index contributed by atoms with van der Waals surface area (Å²) in [5, 5.41) is 9.77. The fourth-order valence-corrected chi connectivity index (χ4v) is 2.12. The summed E-state index contributed by atoms with van der Waals surface area (Å²) in [4.78, 5) is 0. The predicted octanol–water partition coefficient (Wildman–Crippen LogP) is 3.42. The normalized spacial score (nSPS) is 11.5. The van der Waals surface area contributed by atoms with Gasteiger partial charge in [0.2, 0.25) is 5.52 Å². The van der Waals surface area contributed by atoms with Gasteiger partial charge in [-0.15, -0.1) is 10.2 Å². The van der Waals surface area contributed by atoms with Crippen LogP contribution in [0.1, 0.15) is 0 Å². The molecular formula is C15H15N4+. The second-order valence-corrected chi connectivity index (χ2v) is 4.51. The molecule has 3 rings (SSSR count). The Bertz CT molecular complexity index is 756. The average Bonchev–Trinajstić information content (AvgIpc) is 2.82. The van der Waals surface area contributed by atoms with E-state index in [1.165, 1.54) is 0 Å². The smallest absolute Gasteiger partial charge is 0.214 e. The number of benzene rings is 1. The molecule has 4 heteroatoms. The van der Waals surface area contributed by atoms with Gasteiger partial charge in [0.15, 0.2) is 12.0 Å². The Labute approximate surface area is 111 Å². The molecule has 2 aromatic heterocycles. The van der Waals surface area contributed by atoms with E-state index in [0.29, 0.717) is 0 Å². The summed E-state index contributed by atoms with van der Waals surface area (Å²) in [5.74, 6) is 0.845. The minimum atomic E-state index is 0.845. The van der Waals surface area contributed by atoms with Crippen LogP contribution >= 0.6 is 0 Å². The summed E-state index contributed by atoms with van der Waals surface area (Å²) in [6, 6.07) is 14.0. The average molecular weight is 251 g/mol. The zero-order valence-electron chi connectivity index (χ0n) is 11.0. The Morgan fingerprint density at radius 3 is 2.68 bits per heavy atom. The standard InChI is InChI=1S/C15H15N4/c1-18-10-4-6-12-13(7-3-8-14(12)18)16-17-15-9-5-11-19(15)2/h3-11H,1-2H3/q+1. The molecule has 19 heavy (non-hydrogen) atoms. The molecule has 1 aromatic carbocycles. The van der Waals surface area contributed by atoms with Gasteiger partial charge in [-0.25, -0.2) is 4.57 Å². The molecule has 0 fully saturated rings. The maximum Gasteiger partial charge on any atom is 0.214 e. The number of aromatic nitrogens is 2. The number of hydrogen-bond donors (Lipinski definition) is 0. The summed E-state index contributed by atoms with van der Waals surface area (Å²) in [5.41, 5.74) is 2.03. The number of rotatable bonds is 2. The van der Waals surface area contributed by atoms with E-state index in [2.05, 4.69) is 26.9 Å². The third-order valence-corrected chi connectivity index (χ3v) is 3.19. The van der Waals surface area contributed by atoms with Crippen molar-refractivity contribution in [2.75, 3.05) is 0 Å². The lowest BCUT2D eigenvalue weighted by atomic mass is 10.2. The highest BCUT2D eigenvalue weighted by atomic mass is 15.2. The fraction of sp³-hybridized carbons (Fsp3) is 0.133. The second-order valence-electron chi connectivity index (χ2n) is 4.51. The van der Waals surface area contributed by atoms with Gasteiger partial charge in [-0.05, 0) is 24.3 Å². The molecule has 0 saturated carbocycles. The summed E-state index contributed by atoms with van der Waals surface area (Å²) < 4.78 is 4.02. The lowest BCUT2D eigenvalue weighted by molar-refractivity contribution is -0.644. The Hall–Kier alpha value is -2.49. The molecule has 0 spiro atoms. The van der Waals surface area contributed by atoms with Crippen LogP contribution in [-0.4, -0.2) is 4.57 Å². The third-order valence-electron chi connectivity index (χ3n) is 3.19. The third kappa shape index (κ3) is 2.12. The number of aryl methyl sites for hydroxylation is 2. The lowest BCUT2D eigenvalue weighted by Crippen LogP contribution is -2.27. The highest BCUT2D eigenvalue weighted by molar-refractivity contribution is 5.87. The molecule has 4 nitrogen and oxygen atoms in total.